The number of rotatable bonds is 2. The molecule has 0 radical (unpaired) electrons. The van der Waals surface area contributed by atoms with Gasteiger partial charge in [0.1, 0.15) is 5.75 Å². The Morgan fingerprint density at radius 1 is 1.25 bits per heavy atom. The summed E-state index contributed by atoms with van der Waals surface area (Å²) in [7, 11) is 2.83. The lowest BCUT2D eigenvalue weighted by Crippen LogP contribution is -2.06. The second-order valence-corrected chi connectivity index (χ2v) is 3.62. The van der Waals surface area contributed by atoms with E-state index in [1.165, 1.54) is 14.2 Å². The molecule has 0 fully saturated rings. The van der Waals surface area contributed by atoms with Gasteiger partial charge in [0, 0.05) is 12.0 Å². The van der Waals surface area contributed by atoms with Crippen LogP contribution in [0.1, 0.15) is 32.7 Å². The number of hydrogen-bond donors (Lipinski definition) is 0. The third-order valence-electron chi connectivity index (χ3n) is 2.77. The molecule has 1 aliphatic carbocycles. The van der Waals surface area contributed by atoms with E-state index in [9.17, 15) is 9.59 Å². The average molecular weight is 220 g/mol. The van der Waals surface area contributed by atoms with Crippen molar-refractivity contribution in [2.75, 3.05) is 14.2 Å². The van der Waals surface area contributed by atoms with Crippen LogP contribution < -0.4 is 4.74 Å². The molecule has 0 bridgehead atoms. The molecule has 1 aliphatic rings. The van der Waals surface area contributed by atoms with Crippen molar-refractivity contribution in [2.24, 2.45) is 0 Å². The number of ether oxygens (including phenoxy) is 2. The van der Waals surface area contributed by atoms with Crippen LogP contribution in [0.5, 0.6) is 5.75 Å². The monoisotopic (exact) mass is 220 g/mol. The van der Waals surface area contributed by atoms with E-state index < -0.39 is 5.97 Å². The highest BCUT2D eigenvalue weighted by atomic mass is 16.5. The second-order valence-electron chi connectivity index (χ2n) is 3.62. The van der Waals surface area contributed by atoms with Crippen LogP contribution >= 0.6 is 0 Å². The van der Waals surface area contributed by atoms with Crippen LogP contribution in [0.4, 0.5) is 0 Å². The van der Waals surface area contributed by atoms with Crippen LogP contribution in [0.3, 0.4) is 0 Å². The van der Waals surface area contributed by atoms with Gasteiger partial charge in [-0.25, -0.2) is 4.79 Å². The van der Waals surface area contributed by atoms with E-state index in [1.54, 1.807) is 12.1 Å². The zero-order valence-electron chi connectivity index (χ0n) is 9.20. The Hall–Kier alpha value is -1.84. The molecule has 0 unspecified atom stereocenters. The molecule has 1 aromatic carbocycles. The molecule has 16 heavy (non-hydrogen) atoms. The molecule has 0 atom stereocenters. The number of carbonyl (C=O) groups excluding carboxylic acids is 2. The summed E-state index contributed by atoms with van der Waals surface area (Å²) < 4.78 is 9.75. The first-order valence-electron chi connectivity index (χ1n) is 4.99. The fraction of sp³-hybridized carbons (Fsp3) is 0.333. The van der Waals surface area contributed by atoms with Crippen molar-refractivity contribution in [3.05, 3.63) is 28.8 Å². The van der Waals surface area contributed by atoms with E-state index in [0.29, 0.717) is 29.7 Å². The van der Waals surface area contributed by atoms with Gasteiger partial charge in [-0.15, -0.1) is 0 Å². The molecule has 0 spiro atoms. The Morgan fingerprint density at radius 3 is 2.62 bits per heavy atom. The van der Waals surface area contributed by atoms with Gasteiger partial charge in [-0.05, 0) is 24.1 Å². The minimum atomic E-state index is -0.426. The molecule has 0 aromatic heterocycles. The fourth-order valence-electron chi connectivity index (χ4n) is 1.95. The van der Waals surface area contributed by atoms with Crippen LogP contribution in [-0.2, 0) is 11.2 Å². The molecule has 0 saturated carbocycles. The van der Waals surface area contributed by atoms with E-state index in [4.69, 9.17) is 9.47 Å². The first kappa shape index (κ1) is 10.7. The first-order chi connectivity index (χ1) is 7.67. The number of esters is 1. The van der Waals surface area contributed by atoms with Gasteiger partial charge in [-0.3, -0.25) is 4.79 Å². The van der Waals surface area contributed by atoms with Crippen molar-refractivity contribution in [1.82, 2.24) is 0 Å². The summed E-state index contributed by atoms with van der Waals surface area (Å²) in [4.78, 5) is 23.1. The van der Waals surface area contributed by atoms with E-state index in [2.05, 4.69) is 0 Å². The van der Waals surface area contributed by atoms with Crippen molar-refractivity contribution in [3.63, 3.8) is 0 Å². The molecule has 84 valence electrons. The molecule has 4 nitrogen and oxygen atoms in total. The number of Topliss-reactive ketones (excluding diaryl/α,β-unsaturated/α-hetero) is 1. The van der Waals surface area contributed by atoms with Crippen molar-refractivity contribution >= 4 is 11.8 Å². The van der Waals surface area contributed by atoms with E-state index in [-0.39, 0.29) is 5.78 Å². The second kappa shape index (κ2) is 3.96. The quantitative estimate of drug-likeness (QED) is 0.710. The third kappa shape index (κ3) is 1.56. The van der Waals surface area contributed by atoms with Gasteiger partial charge in [0.15, 0.2) is 5.78 Å². The van der Waals surface area contributed by atoms with Crippen LogP contribution in [0.15, 0.2) is 12.1 Å². The van der Waals surface area contributed by atoms with Gasteiger partial charge in [0.25, 0.3) is 0 Å². The summed E-state index contributed by atoms with van der Waals surface area (Å²) in [5.41, 5.74) is 1.79. The van der Waals surface area contributed by atoms with Crippen molar-refractivity contribution in [2.45, 2.75) is 12.8 Å². The number of hydrogen-bond acceptors (Lipinski definition) is 4. The highest BCUT2D eigenvalue weighted by Crippen LogP contribution is 2.30. The van der Waals surface area contributed by atoms with Crippen molar-refractivity contribution in [1.29, 1.82) is 0 Å². The lowest BCUT2D eigenvalue weighted by molar-refractivity contribution is 0.0599. The SMILES string of the molecule is COC(=O)c1cc(OC)cc2c1CCC2=O. The highest BCUT2D eigenvalue weighted by Gasteiger charge is 2.26. The maximum atomic E-state index is 11.6. The Kier molecular flexibility index (Phi) is 2.64. The van der Waals surface area contributed by atoms with E-state index in [1.807, 2.05) is 0 Å². The van der Waals surface area contributed by atoms with Gasteiger partial charge in [0.05, 0.1) is 19.8 Å². The van der Waals surface area contributed by atoms with E-state index >= 15 is 0 Å². The average Bonchev–Trinajstić information content (AvgIpc) is 2.69. The Labute approximate surface area is 93.2 Å². The zero-order chi connectivity index (χ0) is 11.7. The third-order valence-corrected chi connectivity index (χ3v) is 2.77. The predicted octanol–water partition coefficient (Wildman–Crippen LogP) is 1.61. The maximum absolute atomic E-state index is 11.6. The topological polar surface area (TPSA) is 52.6 Å². The minimum absolute atomic E-state index is 0.0547. The normalized spacial score (nSPS) is 13.5. The summed E-state index contributed by atoms with van der Waals surface area (Å²) in [5, 5.41) is 0. The minimum Gasteiger partial charge on any atom is -0.497 e. The van der Waals surface area contributed by atoms with Gasteiger partial charge >= 0.3 is 5.97 Å². The van der Waals surface area contributed by atoms with Crippen molar-refractivity contribution in [3.8, 4) is 5.75 Å². The summed E-state index contributed by atoms with van der Waals surface area (Å²) in [6, 6.07) is 3.29. The Bertz CT molecular complexity index is 462. The number of benzene rings is 1. The Morgan fingerprint density at radius 2 is 2.00 bits per heavy atom. The molecule has 0 aliphatic heterocycles. The van der Waals surface area contributed by atoms with Gasteiger partial charge < -0.3 is 9.47 Å². The molecule has 1 aromatic rings. The summed E-state index contributed by atoms with van der Waals surface area (Å²) >= 11 is 0. The van der Waals surface area contributed by atoms with Gasteiger partial charge in [0.2, 0.25) is 0 Å². The molecule has 2 rings (SSSR count). The van der Waals surface area contributed by atoms with Crippen LogP contribution in [0.2, 0.25) is 0 Å². The number of ketones is 1. The molecule has 0 N–H and O–H groups in total. The fourth-order valence-corrected chi connectivity index (χ4v) is 1.95. The van der Waals surface area contributed by atoms with Gasteiger partial charge in [-0.1, -0.05) is 0 Å². The van der Waals surface area contributed by atoms with Gasteiger partial charge in [-0.2, -0.15) is 0 Å². The smallest absolute Gasteiger partial charge is 0.338 e. The predicted molar refractivity (Wildman–Crippen MR) is 57.0 cm³/mol. The molecule has 0 heterocycles. The van der Waals surface area contributed by atoms with Crippen LogP contribution in [-0.4, -0.2) is 26.0 Å². The first-order valence-corrected chi connectivity index (χ1v) is 4.99. The molecule has 0 saturated heterocycles. The highest BCUT2D eigenvalue weighted by molar-refractivity contribution is 6.05. The Balaban J connectivity index is 2.60. The summed E-state index contributed by atoms with van der Waals surface area (Å²) in [6.45, 7) is 0. The molecular weight excluding hydrogens is 208 g/mol. The maximum Gasteiger partial charge on any atom is 0.338 e. The zero-order valence-corrected chi connectivity index (χ0v) is 9.20. The molecule has 0 amide bonds. The van der Waals surface area contributed by atoms with Crippen LogP contribution in [0, 0.1) is 0 Å². The number of methoxy groups -OCH3 is 2. The van der Waals surface area contributed by atoms with E-state index in [0.717, 1.165) is 5.56 Å². The largest absolute Gasteiger partial charge is 0.497 e. The lowest BCUT2D eigenvalue weighted by atomic mass is 10.0. The summed E-state index contributed by atoms with van der Waals surface area (Å²) in [6.07, 6.45) is 1.05. The molecule has 4 heteroatoms. The standard InChI is InChI=1S/C12H12O4/c1-15-7-5-9-8(3-4-11(9)13)10(6-7)12(14)16-2/h5-6H,3-4H2,1-2H3. The number of carbonyl (C=O) groups is 2. The molecular formula is C12H12O4. The van der Waals surface area contributed by atoms with Crippen LogP contribution in [0.25, 0.3) is 0 Å². The van der Waals surface area contributed by atoms with Crippen molar-refractivity contribution < 1.29 is 19.1 Å². The number of fused-ring (bicyclic) bond motifs is 1. The lowest BCUT2D eigenvalue weighted by Gasteiger charge is -2.08. The summed E-state index contributed by atoms with van der Waals surface area (Å²) in [5.74, 6) is 0.137.